The van der Waals surface area contributed by atoms with Crippen molar-refractivity contribution in [3.05, 3.63) is 11.1 Å². The van der Waals surface area contributed by atoms with E-state index in [1.807, 2.05) is 0 Å². The van der Waals surface area contributed by atoms with Gasteiger partial charge in [-0.25, -0.2) is 4.98 Å². The van der Waals surface area contributed by atoms with Crippen molar-refractivity contribution in [3.63, 3.8) is 0 Å². The third-order valence-electron chi connectivity index (χ3n) is 2.00. The van der Waals surface area contributed by atoms with Crippen molar-refractivity contribution in [2.75, 3.05) is 5.32 Å². The van der Waals surface area contributed by atoms with Crippen LogP contribution in [0.4, 0.5) is 5.13 Å². The Kier molecular flexibility index (Phi) is 4.91. The minimum Gasteiger partial charge on any atom is -0.365 e. The van der Waals surface area contributed by atoms with Gasteiger partial charge in [-0.15, -0.1) is 0 Å². The SMILES string of the molecule is CCCCCC(=O)Nc1ncc(C(N)=O)s1. The van der Waals surface area contributed by atoms with Gasteiger partial charge in [0.15, 0.2) is 5.13 Å². The monoisotopic (exact) mass is 241 g/mol. The molecule has 5 nitrogen and oxygen atoms in total. The van der Waals surface area contributed by atoms with Crippen LogP contribution in [0.3, 0.4) is 0 Å². The molecule has 0 aliphatic rings. The van der Waals surface area contributed by atoms with E-state index in [0.717, 1.165) is 30.6 Å². The number of hydrogen-bond acceptors (Lipinski definition) is 4. The van der Waals surface area contributed by atoms with Crippen molar-refractivity contribution in [3.8, 4) is 0 Å². The number of nitrogens with zero attached hydrogens (tertiary/aromatic N) is 1. The molecule has 0 saturated carbocycles. The lowest BCUT2D eigenvalue weighted by molar-refractivity contribution is -0.116. The van der Waals surface area contributed by atoms with Gasteiger partial charge >= 0.3 is 0 Å². The molecular weight excluding hydrogens is 226 g/mol. The van der Waals surface area contributed by atoms with Gasteiger partial charge in [0.25, 0.3) is 5.91 Å². The molecule has 0 atom stereocenters. The van der Waals surface area contributed by atoms with Crippen LogP contribution in [0.1, 0.15) is 42.3 Å². The zero-order valence-electron chi connectivity index (χ0n) is 9.16. The summed E-state index contributed by atoms with van der Waals surface area (Å²) in [5.74, 6) is -0.595. The van der Waals surface area contributed by atoms with Crippen LogP contribution in [0.5, 0.6) is 0 Å². The maximum Gasteiger partial charge on any atom is 0.260 e. The molecule has 1 rings (SSSR count). The summed E-state index contributed by atoms with van der Waals surface area (Å²) in [6, 6.07) is 0. The molecule has 88 valence electrons. The van der Waals surface area contributed by atoms with E-state index in [-0.39, 0.29) is 5.91 Å². The fourth-order valence-electron chi connectivity index (χ4n) is 1.16. The lowest BCUT2D eigenvalue weighted by Crippen LogP contribution is -2.10. The lowest BCUT2D eigenvalue weighted by atomic mass is 10.2. The van der Waals surface area contributed by atoms with Gasteiger partial charge in [-0.2, -0.15) is 0 Å². The highest BCUT2D eigenvalue weighted by Gasteiger charge is 2.09. The van der Waals surface area contributed by atoms with Gasteiger partial charge in [0.1, 0.15) is 4.88 Å². The number of rotatable bonds is 6. The molecule has 0 unspecified atom stereocenters. The first-order chi connectivity index (χ1) is 7.63. The molecule has 0 aliphatic heterocycles. The average Bonchev–Trinajstić information content (AvgIpc) is 2.66. The third kappa shape index (κ3) is 3.98. The molecule has 1 aromatic rings. The first-order valence-electron chi connectivity index (χ1n) is 5.19. The van der Waals surface area contributed by atoms with Gasteiger partial charge in [0, 0.05) is 6.42 Å². The molecular formula is C10H15N3O2S. The summed E-state index contributed by atoms with van der Waals surface area (Å²) in [5, 5.41) is 3.06. The molecule has 1 aromatic heterocycles. The Morgan fingerprint density at radius 3 is 2.81 bits per heavy atom. The Bertz CT molecular complexity index is 376. The van der Waals surface area contributed by atoms with E-state index in [1.54, 1.807) is 0 Å². The van der Waals surface area contributed by atoms with Crippen molar-refractivity contribution >= 4 is 28.3 Å². The molecule has 1 heterocycles. The summed E-state index contributed by atoms with van der Waals surface area (Å²) in [4.78, 5) is 26.4. The van der Waals surface area contributed by atoms with Gasteiger partial charge in [-0.05, 0) is 6.42 Å². The highest BCUT2D eigenvalue weighted by molar-refractivity contribution is 7.17. The zero-order chi connectivity index (χ0) is 12.0. The van der Waals surface area contributed by atoms with Crippen molar-refractivity contribution in [2.45, 2.75) is 32.6 Å². The molecule has 0 aliphatic carbocycles. The molecule has 0 spiro atoms. The normalized spacial score (nSPS) is 10.1. The Morgan fingerprint density at radius 2 is 2.25 bits per heavy atom. The number of aromatic nitrogens is 1. The second-order valence-corrected chi connectivity index (χ2v) is 4.43. The first-order valence-corrected chi connectivity index (χ1v) is 6.00. The second kappa shape index (κ2) is 6.22. The average molecular weight is 241 g/mol. The van der Waals surface area contributed by atoms with Gasteiger partial charge in [0.2, 0.25) is 5.91 Å². The van der Waals surface area contributed by atoms with E-state index in [4.69, 9.17) is 5.73 Å². The van der Waals surface area contributed by atoms with Crippen LogP contribution in [-0.2, 0) is 4.79 Å². The molecule has 2 amide bonds. The fourth-order valence-corrected chi connectivity index (χ4v) is 1.85. The van der Waals surface area contributed by atoms with Crippen molar-refractivity contribution < 1.29 is 9.59 Å². The molecule has 0 aromatic carbocycles. The minimum absolute atomic E-state index is 0.0705. The second-order valence-electron chi connectivity index (χ2n) is 3.40. The Labute approximate surface area is 98.1 Å². The van der Waals surface area contributed by atoms with Gasteiger partial charge < -0.3 is 11.1 Å². The summed E-state index contributed by atoms with van der Waals surface area (Å²) in [5.41, 5.74) is 5.07. The van der Waals surface area contributed by atoms with Crippen molar-refractivity contribution in [1.82, 2.24) is 4.98 Å². The number of amides is 2. The predicted octanol–water partition coefficient (Wildman–Crippen LogP) is 1.76. The van der Waals surface area contributed by atoms with Crippen LogP contribution >= 0.6 is 11.3 Å². The maximum absolute atomic E-state index is 11.4. The van der Waals surface area contributed by atoms with E-state index >= 15 is 0 Å². The number of thiazole rings is 1. The molecule has 16 heavy (non-hydrogen) atoms. The summed E-state index contributed by atoms with van der Waals surface area (Å²) < 4.78 is 0. The summed E-state index contributed by atoms with van der Waals surface area (Å²) >= 11 is 1.09. The van der Waals surface area contributed by atoms with E-state index in [1.165, 1.54) is 6.20 Å². The molecule has 0 fully saturated rings. The lowest BCUT2D eigenvalue weighted by Gasteiger charge is -1.99. The van der Waals surface area contributed by atoms with E-state index < -0.39 is 5.91 Å². The largest absolute Gasteiger partial charge is 0.365 e. The van der Waals surface area contributed by atoms with E-state index in [2.05, 4.69) is 17.2 Å². The topological polar surface area (TPSA) is 85.1 Å². The van der Waals surface area contributed by atoms with E-state index in [0.29, 0.717) is 16.4 Å². The standard InChI is InChI=1S/C10H15N3O2S/c1-2-3-4-5-8(14)13-10-12-6-7(16-10)9(11)15/h6H,2-5H2,1H3,(H2,11,15)(H,12,13,14). The number of hydrogen-bond donors (Lipinski definition) is 2. The molecule has 0 saturated heterocycles. The maximum atomic E-state index is 11.4. The predicted molar refractivity (Wildman–Crippen MR) is 63.4 cm³/mol. The zero-order valence-corrected chi connectivity index (χ0v) is 9.97. The highest BCUT2D eigenvalue weighted by Crippen LogP contribution is 2.17. The Hall–Kier alpha value is -1.43. The van der Waals surface area contributed by atoms with Crippen LogP contribution in [0.25, 0.3) is 0 Å². The Morgan fingerprint density at radius 1 is 1.50 bits per heavy atom. The van der Waals surface area contributed by atoms with Crippen molar-refractivity contribution in [1.29, 1.82) is 0 Å². The number of nitrogens with one attached hydrogen (secondary N) is 1. The summed E-state index contributed by atoms with van der Waals surface area (Å²) in [6.45, 7) is 2.08. The number of primary amides is 1. The van der Waals surface area contributed by atoms with Gasteiger partial charge in [-0.1, -0.05) is 31.1 Å². The van der Waals surface area contributed by atoms with Crippen LogP contribution < -0.4 is 11.1 Å². The number of unbranched alkanes of at least 4 members (excludes halogenated alkanes) is 2. The molecule has 3 N–H and O–H groups in total. The van der Waals surface area contributed by atoms with Crippen molar-refractivity contribution in [2.24, 2.45) is 5.73 Å². The summed E-state index contributed by atoms with van der Waals surface area (Å²) in [7, 11) is 0. The quantitative estimate of drug-likeness (QED) is 0.744. The Balaban J connectivity index is 2.40. The third-order valence-corrected chi connectivity index (χ3v) is 2.93. The van der Waals surface area contributed by atoms with Crippen LogP contribution in [0, 0.1) is 0 Å². The van der Waals surface area contributed by atoms with E-state index in [9.17, 15) is 9.59 Å². The number of anilines is 1. The van der Waals surface area contributed by atoms with Crippen LogP contribution in [-0.4, -0.2) is 16.8 Å². The molecule has 6 heteroatoms. The molecule has 0 radical (unpaired) electrons. The number of carbonyl (C=O) groups excluding carboxylic acids is 2. The highest BCUT2D eigenvalue weighted by atomic mass is 32.1. The smallest absolute Gasteiger partial charge is 0.260 e. The summed E-state index contributed by atoms with van der Waals surface area (Å²) in [6.07, 6.45) is 4.85. The minimum atomic E-state index is -0.524. The molecule has 0 bridgehead atoms. The van der Waals surface area contributed by atoms with Gasteiger partial charge in [-0.3, -0.25) is 9.59 Å². The van der Waals surface area contributed by atoms with Crippen LogP contribution in [0.2, 0.25) is 0 Å². The number of carbonyl (C=O) groups is 2. The first kappa shape index (κ1) is 12.6. The fraction of sp³-hybridized carbons (Fsp3) is 0.500. The number of nitrogens with two attached hydrogens (primary N) is 1. The van der Waals surface area contributed by atoms with Gasteiger partial charge in [0.05, 0.1) is 6.20 Å². The van der Waals surface area contributed by atoms with Crippen LogP contribution in [0.15, 0.2) is 6.20 Å².